The van der Waals surface area contributed by atoms with E-state index >= 15 is 0 Å². The zero-order valence-corrected chi connectivity index (χ0v) is 24.4. The number of fused-ring (bicyclic) bond motifs is 1. The van der Waals surface area contributed by atoms with Crippen molar-refractivity contribution in [3.63, 3.8) is 0 Å². The SMILES string of the molecule is Nc1ncnc2c1ncn2[C@@H]1O[C@H](CO)[C@@H](O)[C@H]1O.O=P([O-])([O-])OP(=O)([O-])O.[Na+].[Na+].[Na+]. The average molecular weight is 511 g/mol. The molecule has 6 N–H and O–H groups in total. The van der Waals surface area contributed by atoms with E-state index < -0.39 is 46.8 Å². The van der Waals surface area contributed by atoms with Crippen LogP contribution in [0, 0.1) is 0 Å². The van der Waals surface area contributed by atoms with Crippen molar-refractivity contribution in [2.24, 2.45) is 0 Å². The number of anilines is 1. The fourth-order valence-electron chi connectivity index (χ4n) is 2.29. The Hall–Kier alpha value is 1.45. The number of nitrogen functional groups attached to an aromatic ring is 1. The maximum absolute atomic E-state index is 9.95. The second-order valence-electron chi connectivity index (χ2n) is 5.31. The van der Waals surface area contributed by atoms with Crippen molar-refractivity contribution in [3.8, 4) is 0 Å². The predicted octanol–water partition coefficient (Wildman–Crippen LogP) is -13.7. The molecule has 1 aliphatic rings. The van der Waals surface area contributed by atoms with Crippen molar-refractivity contribution < 1.29 is 142 Å². The zero-order chi connectivity index (χ0) is 21.3. The Kier molecular flexibility index (Phi) is 15.8. The van der Waals surface area contributed by atoms with Crippen molar-refractivity contribution in [1.29, 1.82) is 0 Å². The summed E-state index contributed by atoms with van der Waals surface area (Å²) in [7, 11) is -11.0. The van der Waals surface area contributed by atoms with Gasteiger partial charge in [0.05, 0.1) is 20.8 Å². The van der Waals surface area contributed by atoms with E-state index in [1.54, 1.807) is 0 Å². The summed E-state index contributed by atoms with van der Waals surface area (Å²) in [5.74, 6) is 0.218. The van der Waals surface area contributed by atoms with Crippen LogP contribution < -0.4 is 109 Å². The Morgan fingerprint density at radius 2 is 1.71 bits per heavy atom. The molecule has 21 heteroatoms. The minimum Gasteiger partial charge on any atom is -0.790 e. The van der Waals surface area contributed by atoms with Crippen LogP contribution in [-0.4, -0.2) is 64.7 Å². The molecule has 1 fully saturated rings. The number of hydrogen-bond acceptors (Lipinski definition) is 14. The molecule has 0 amide bonds. The molecule has 2 aromatic rings. The molecule has 3 rings (SSSR count). The molecule has 31 heavy (non-hydrogen) atoms. The largest absolute Gasteiger partial charge is 1.00 e. The Balaban J connectivity index is 0. The van der Waals surface area contributed by atoms with Crippen LogP contribution in [0.15, 0.2) is 12.7 Å². The first kappa shape index (κ1) is 34.6. The molecule has 16 nitrogen and oxygen atoms in total. The van der Waals surface area contributed by atoms with Gasteiger partial charge in [-0.15, -0.1) is 0 Å². The van der Waals surface area contributed by atoms with E-state index in [4.69, 9.17) is 20.5 Å². The maximum atomic E-state index is 9.95. The second kappa shape index (κ2) is 14.1. The van der Waals surface area contributed by atoms with Crippen LogP contribution in [-0.2, 0) is 18.2 Å². The molecule has 1 aliphatic heterocycles. The van der Waals surface area contributed by atoms with Gasteiger partial charge in [0.15, 0.2) is 17.7 Å². The standard InChI is InChI=1S/C10H13N5O4.3Na.H4O7P2/c11-8-5-9(13-2-12-8)15(3-14-5)10-7(18)6(17)4(1-16)19-10;;;;1-8(2,3)7-9(4,5)6/h2-4,6-7,10,16-18H,1H2,(H2,11,12,13);;;;(H2,1,2,3)(H2,4,5,6)/q;3*+1;/p-3/t4-,6-,7-,10-;;;;/m1..../s1. The van der Waals surface area contributed by atoms with Crippen molar-refractivity contribution >= 4 is 32.6 Å². The van der Waals surface area contributed by atoms with Crippen LogP contribution in [0.2, 0.25) is 0 Å². The van der Waals surface area contributed by atoms with Gasteiger partial charge in [-0.25, -0.2) is 15.0 Å². The van der Waals surface area contributed by atoms with Crippen LogP contribution in [0.25, 0.3) is 11.2 Å². The van der Waals surface area contributed by atoms with Gasteiger partial charge in [-0.1, -0.05) is 0 Å². The zero-order valence-electron chi connectivity index (χ0n) is 16.6. The molecular weight excluding hydrogens is 497 g/mol. The number of rotatable bonds is 4. The number of nitrogens with zero attached hydrogens (tertiary/aromatic N) is 4. The molecule has 3 heterocycles. The summed E-state index contributed by atoms with van der Waals surface area (Å²) >= 11 is 0. The first-order valence-electron chi connectivity index (χ1n) is 7.16. The maximum Gasteiger partial charge on any atom is 1.00 e. The predicted molar refractivity (Wildman–Crippen MR) is 81.3 cm³/mol. The van der Waals surface area contributed by atoms with Crippen LogP contribution >= 0.6 is 15.6 Å². The van der Waals surface area contributed by atoms with Crippen molar-refractivity contribution in [1.82, 2.24) is 19.5 Å². The third-order valence-corrected chi connectivity index (χ3v) is 5.01. The monoisotopic (exact) mass is 511 g/mol. The molecule has 158 valence electrons. The summed E-state index contributed by atoms with van der Waals surface area (Å²) < 4.78 is 28.3. The van der Waals surface area contributed by atoms with Crippen LogP contribution in [0.3, 0.4) is 0 Å². The topological polar surface area (TPSA) is 272 Å². The first-order valence-corrected chi connectivity index (χ1v) is 10.1. The number of aliphatic hydroxyl groups is 3. The smallest absolute Gasteiger partial charge is 0.790 e. The van der Waals surface area contributed by atoms with Gasteiger partial charge in [-0.2, -0.15) is 0 Å². The number of nitrogens with two attached hydrogens (primary N) is 1. The molecule has 0 aliphatic carbocycles. The van der Waals surface area contributed by atoms with E-state index in [0.717, 1.165) is 0 Å². The molecule has 2 aromatic heterocycles. The van der Waals surface area contributed by atoms with Crippen molar-refractivity contribution in [2.75, 3.05) is 12.3 Å². The van der Waals surface area contributed by atoms with Crippen LogP contribution in [0.4, 0.5) is 5.82 Å². The number of hydrogen-bond donors (Lipinski definition) is 5. The average Bonchev–Trinajstić information content (AvgIpc) is 3.08. The summed E-state index contributed by atoms with van der Waals surface area (Å²) in [6, 6.07) is 0. The van der Waals surface area contributed by atoms with E-state index in [9.17, 15) is 34.0 Å². The number of imidazole rings is 1. The number of aromatic nitrogens is 4. The summed E-state index contributed by atoms with van der Waals surface area (Å²) in [4.78, 5) is 47.6. The Bertz CT molecular complexity index is 907. The van der Waals surface area contributed by atoms with Gasteiger partial charge < -0.3 is 49.9 Å². The normalized spacial score (nSPS) is 24.6. The molecule has 0 radical (unpaired) electrons. The Morgan fingerprint density at radius 3 is 2.13 bits per heavy atom. The van der Waals surface area contributed by atoms with Gasteiger partial charge in [0.2, 0.25) is 0 Å². The molecule has 1 unspecified atom stereocenters. The van der Waals surface area contributed by atoms with E-state index in [1.165, 1.54) is 17.2 Å². The second-order valence-corrected chi connectivity index (χ2v) is 7.79. The number of aliphatic hydroxyl groups excluding tert-OH is 3. The summed E-state index contributed by atoms with van der Waals surface area (Å²) in [6.07, 6.45) is -1.42. The third kappa shape index (κ3) is 9.92. The molecule has 0 spiro atoms. The van der Waals surface area contributed by atoms with Gasteiger partial charge in [-0.05, 0) is 0 Å². The summed E-state index contributed by atoms with van der Waals surface area (Å²) in [5.41, 5.74) is 6.44. The molecule has 1 saturated heterocycles. The van der Waals surface area contributed by atoms with Gasteiger partial charge in [0.1, 0.15) is 30.2 Å². The van der Waals surface area contributed by atoms with E-state index in [-0.39, 0.29) is 94.5 Å². The van der Waals surface area contributed by atoms with E-state index in [1.807, 2.05) is 0 Å². The minimum atomic E-state index is -5.61. The first-order chi connectivity index (χ1) is 12.8. The Morgan fingerprint density at radius 1 is 1.13 bits per heavy atom. The number of phosphoric acid groups is 2. The summed E-state index contributed by atoms with van der Waals surface area (Å²) in [5, 5.41) is 28.7. The van der Waals surface area contributed by atoms with Crippen LogP contribution in [0.5, 0.6) is 0 Å². The minimum absolute atomic E-state index is 0. The molecule has 5 atom stereocenters. The quantitative estimate of drug-likeness (QED) is 0.188. The molecular formula is C10H14N5Na3O11P2. The fourth-order valence-corrected chi connectivity index (χ4v) is 3.30. The summed E-state index contributed by atoms with van der Waals surface area (Å²) in [6.45, 7) is -0.390. The van der Waals surface area contributed by atoms with E-state index in [2.05, 4.69) is 19.3 Å². The third-order valence-electron chi connectivity index (χ3n) is 3.38. The molecule has 0 bridgehead atoms. The number of ether oxygens (including phenoxy) is 1. The van der Waals surface area contributed by atoms with Gasteiger partial charge in [-0.3, -0.25) is 13.4 Å². The van der Waals surface area contributed by atoms with Gasteiger partial charge >= 0.3 is 88.7 Å². The fraction of sp³-hybridized carbons (Fsp3) is 0.500. The van der Waals surface area contributed by atoms with Crippen LogP contribution in [0.1, 0.15) is 6.23 Å². The van der Waals surface area contributed by atoms with E-state index in [0.29, 0.717) is 11.2 Å². The van der Waals surface area contributed by atoms with Gasteiger partial charge in [0, 0.05) is 0 Å². The molecule has 0 aromatic carbocycles. The van der Waals surface area contributed by atoms with Crippen molar-refractivity contribution in [3.05, 3.63) is 12.7 Å². The van der Waals surface area contributed by atoms with Crippen molar-refractivity contribution in [2.45, 2.75) is 24.5 Å². The molecule has 0 saturated carbocycles. The Labute approximate surface area is 240 Å². The van der Waals surface area contributed by atoms with Gasteiger partial charge in [0.25, 0.3) is 7.82 Å².